The topological polar surface area (TPSA) is 91.7 Å². The third kappa shape index (κ3) is 2.54. The van der Waals surface area contributed by atoms with E-state index in [1.54, 1.807) is 0 Å². The summed E-state index contributed by atoms with van der Waals surface area (Å²) in [5, 5.41) is 17.5. The summed E-state index contributed by atoms with van der Waals surface area (Å²) in [7, 11) is 0. The van der Waals surface area contributed by atoms with Gasteiger partial charge in [0.2, 0.25) is 0 Å². The van der Waals surface area contributed by atoms with Gasteiger partial charge in [0.05, 0.1) is 11.1 Å². The quantitative estimate of drug-likeness (QED) is 0.589. The molecule has 0 aliphatic carbocycles. The molecule has 0 radical (unpaired) electrons. The Morgan fingerprint density at radius 2 is 1.81 bits per heavy atom. The molecule has 5 heteroatoms. The molecule has 0 fully saturated rings. The second kappa shape index (κ2) is 4.88. The van der Waals surface area contributed by atoms with Crippen LogP contribution in [0.2, 0.25) is 0 Å². The van der Waals surface area contributed by atoms with Crippen molar-refractivity contribution in [1.82, 2.24) is 0 Å². The minimum Gasteiger partial charge on any atom is -0.478 e. The fourth-order valence-corrected chi connectivity index (χ4v) is 1.17. The molecule has 0 aliphatic heterocycles. The van der Waals surface area contributed by atoms with Crippen molar-refractivity contribution in [3.05, 3.63) is 41.0 Å². The smallest absolute Gasteiger partial charge is 0.336 e. The Morgan fingerprint density at radius 3 is 2.31 bits per heavy atom. The standard InChI is InChI=1S/C11H8O5/c12-5-1-2-7-6-8(10(13)14)3-4-9(7)11(15)16/h1-6H,(H,13,14)(H,15,16). The van der Waals surface area contributed by atoms with Crippen molar-refractivity contribution in [2.75, 3.05) is 0 Å². The second-order valence-electron chi connectivity index (χ2n) is 2.91. The summed E-state index contributed by atoms with van der Waals surface area (Å²) in [5.74, 6) is -2.33. The average Bonchev–Trinajstić information content (AvgIpc) is 2.25. The lowest BCUT2D eigenvalue weighted by molar-refractivity contribution is -0.104. The zero-order valence-corrected chi connectivity index (χ0v) is 8.08. The number of carbonyl (C=O) groups is 3. The van der Waals surface area contributed by atoms with Gasteiger partial charge in [0.1, 0.15) is 6.29 Å². The lowest BCUT2D eigenvalue weighted by atomic mass is 10.0. The molecule has 1 aromatic carbocycles. The summed E-state index contributed by atoms with van der Waals surface area (Å²) >= 11 is 0. The van der Waals surface area contributed by atoms with Gasteiger partial charge in [-0.05, 0) is 29.8 Å². The first-order valence-electron chi connectivity index (χ1n) is 4.28. The molecular weight excluding hydrogens is 212 g/mol. The van der Waals surface area contributed by atoms with E-state index in [0.29, 0.717) is 6.29 Å². The fourth-order valence-electron chi connectivity index (χ4n) is 1.17. The van der Waals surface area contributed by atoms with Crippen LogP contribution >= 0.6 is 0 Å². The van der Waals surface area contributed by atoms with Crippen molar-refractivity contribution in [3.8, 4) is 0 Å². The average molecular weight is 220 g/mol. The number of benzene rings is 1. The van der Waals surface area contributed by atoms with E-state index in [-0.39, 0.29) is 16.7 Å². The number of hydrogen-bond donors (Lipinski definition) is 2. The monoisotopic (exact) mass is 220 g/mol. The molecule has 16 heavy (non-hydrogen) atoms. The number of aldehydes is 1. The van der Waals surface area contributed by atoms with Crippen LogP contribution in [0, 0.1) is 0 Å². The molecule has 0 saturated carbocycles. The summed E-state index contributed by atoms with van der Waals surface area (Å²) in [6, 6.07) is 3.59. The fraction of sp³-hybridized carbons (Fsp3) is 0. The van der Waals surface area contributed by atoms with Gasteiger partial charge in [-0.2, -0.15) is 0 Å². The second-order valence-corrected chi connectivity index (χ2v) is 2.91. The summed E-state index contributed by atoms with van der Waals surface area (Å²) in [6.45, 7) is 0. The maximum absolute atomic E-state index is 10.8. The third-order valence-electron chi connectivity index (χ3n) is 1.88. The first kappa shape index (κ1) is 11.6. The molecule has 0 atom stereocenters. The van der Waals surface area contributed by atoms with Crippen LogP contribution in [-0.2, 0) is 4.79 Å². The SMILES string of the molecule is O=CC=Cc1cc(C(=O)O)ccc1C(=O)O. The molecule has 0 heterocycles. The minimum absolute atomic E-state index is 0.0319. The van der Waals surface area contributed by atoms with Crippen LogP contribution in [0.1, 0.15) is 26.3 Å². The Hall–Kier alpha value is -2.43. The highest BCUT2D eigenvalue weighted by Gasteiger charge is 2.11. The van der Waals surface area contributed by atoms with Crippen molar-refractivity contribution in [2.45, 2.75) is 0 Å². The molecule has 0 aromatic heterocycles. The number of rotatable bonds is 4. The zero-order chi connectivity index (χ0) is 12.1. The maximum atomic E-state index is 10.8. The molecule has 1 rings (SSSR count). The van der Waals surface area contributed by atoms with Crippen molar-refractivity contribution in [3.63, 3.8) is 0 Å². The molecule has 82 valence electrons. The number of carboxylic acids is 2. The summed E-state index contributed by atoms with van der Waals surface area (Å²) in [6.07, 6.45) is 2.84. The molecule has 0 spiro atoms. The van der Waals surface area contributed by atoms with Crippen molar-refractivity contribution in [1.29, 1.82) is 0 Å². The Balaban J connectivity index is 3.31. The van der Waals surface area contributed by atoms with E-state index in [9.17, 15) is 14.4 Å². The number of hydrogen-bond acceptors (Lipinski definition) is 3. The van der Waals surface area contributed by atoms with Crippen LogP contribution in [-0.4, -0.2) is 28.4 Å². The third-order valence-corrected chi connectivity index (χ3v) is 1.88. The van der Waals surface area contributed by atoms with E-state index in [0.717, 1.165) is 6.08 Å². The summed E-state index contributed by atoms with van der Waals surface area (Å²) in [5.41, 5.74) is 0.0955. The number of aromatic carboxylic acids is 2. The normalized spacial score (nSPS) is 10.2. The Morgan fingerprint density at radius 1 is 1.12 bits per heavy atom. The van der Waals surface area contributed by atoms with Gasteiger partial charge in [0.15, 0.2) is 0 Å². The maximum Gasteiger partial charge on any atom is 0.336 e. The van der Waals surface area contributed by atoms with Crippen LogP contribution in [0.25, 0.3) is 6.08 Å². The lowest BCUT2D eigenvalue weighted by Crippen LogP contribution is -2.03. The van der Waals surface area contributed by atoms with Crippen LogP contribution in [0.3, 0.4) is 0 Å². The minimum atomic E-state index is -1.18. The van der Waals surface area contributed by atoms with Crippen molar-refractivity contribution < 1.29 is 24.6 Å². The van der Waals surface area contributed by atoms with Gasteiger partial charge in [0, 0.05) is 0 Å². The van der Waals surface area contributed by atoms with Gasteiger partial charge < -0.3 is 10.2 Å². The summed E-state index contributed by atoms with van der Waals surface area (Å²) < 4.78 is 0. The number of allylic oxidation sites excluding steroid dienone is 1. The molecular formula is C11H8O5. The van der Waals surface area contributed by atoms with Gasteiger partial charge in [-0.15, -0.1) is 0 Å². The Bertz CT molecular complexity index is 473. The first-order chi connectivity index (χ1) is 7.56. The van der Waals surface area contributed by atoms with Gasteiger partial charge >= 0.3 is 11.9 Å². The highest BCUT2D eigenvalue weighted by atomic mass is 16.4. The Labute approximate surface area is 90.6 Å². The molecule has 0 aliphatic rings. The van der Waals surface area contributed by atoms with Crippen LogP contribution < -0.4 is 0 Å². The van der Waals surface area contributed by atoms with Crippen LogP contribution in [0.5, 0.6) is 0 Å². The van der Waals surface area contributed by atoms with Gasteiger partial charge in [0.25, 0.3) is 0 Å². The van der Waals surface area contributed by atoms with E-state index in [1.165, 1.54) is 24.3 Å². The van der Waals surface area contributed by atoms with Gasteiger partial charge in [-0.3, -0.25) is 4.79 Å². The number of carboxylic acid groups (broad SMARTS) is 2. The highest BCUT2D eigenvalue weighted by Crippen LogP contribution is 2.14. The first-order valence-corrected chi connectivity index (χ1v) is 4.28. The molecule has 0 saturated heterocycles. The molecule has 1 aromatic rings. The van der Waals surface area contributed by atoms with Gasteiger partial charge in [-0.25, -0.2) is 9.59 Å². The molecule has 2 N–H and O–H groups in total. The van der Waals surface area contributed by atoms with Crippen molar-refractivity contribution in [2.24, 2.45) is 0 Å². The summed E-state index contributed by atoms with van der Waals surface area (Å²) in [4.78, 5) is 31.6. The molecule has 0 amide bonds. The molecule has 0 unspecified atom stereocenters. The molecule has 0 bridgehead atoms. The van der Waals surface area contributed by atoms with E-state index >= 15 is 0 Å². The molecule has 5 nitrogen and oxygen atoms in total. The van der Waals surface area contributed by atoms with E-state index in [4.69, 9.17) is 10.2 Å². The van der Waals surface area contributed by atoms with Crippen molar-refractivity contribution >= 4 is 24.3 Å². The lowest BCUT2D eigenvalue weighted by Gasteiger charge is -2.02. The van der Waals surface area contributed by atoms with Crippen LogP contribution in [0.4, 0.5) is 0 Å². The van der Waals surface area contributed by atoms with E-state index < -0.39 is 11.9 Å². The zero-order valence-electron chi connectivity index (χ0n) is 8.08. The predicted molar refractivity (Wildman–Crippen MR) is 55.5 cm³/mol. The van der Waals surface area contributed by atoms with E-state index in [2.05, 4.69) is 0 Å². The Kier molecular flexibility index (Phi) is 3.55. The van der Waals surface area contributed by atoms with Gasteiger partial charge in [-0.1, -0.05) is 6.08 Å². The highest BCUT2D eigenvalue weighted by molar-refractivity contribution is 5.96. The number of carbonyl (C=O) groups excluding carboxylic acids is 1. The van der Waals surface area contributed by atoms with Crippen LogP contribution in [0.15, 0.2) is 24.3 Å². The largest absolute Gasteiger partial charge is 0.478 e. The predicted octanol–water partition coefficient (Wildman–Crippen LogP) is 1.30. The van der Waals surface area contributed by atoms with E-state index in [1.807, 2.05) is 0 Å².